The molecule has 0 radical (unpaired) electrons. The van der Waals surface area contributed by atoms with Crippen molar-refractivity contribution in [2.45, 2.75) is 43.9 Å². The minimum Gasteiger partial charge on any atom is -0.388 e. The molecule has 3 aliphatic rings. The lowest BCUT2D eigenvalue weighted by Gasteiger charge is -2.55. The van der Waals surface area contributed by atoms with Crippen LogP contribution in [0.25, 0.3) is 10.9 Å². The van der Waals surface area contributed by atoms with Crippen molar-refractivity contribution >= 4 is 22.5 Å². The number of hydrogen-bond acceptors (Lipinski definition) is 5. The highest BCUT2D eigenvalue weighted by Gasteiger charge is 2.47. The van der Waals surface area contributed by atoms with E-state index in [1.165, 1.54) is 0 Å². The number of carbonyl (C=O) groups is 1. The summed E-state index contributed by atoms with van der Waals surface area (Å²) in [5.74, 6) is -0.0105. The largest absolute Gasteiger partial charge is 0.388 e. The zero-order chi connectivity index (χ0) is 22.8. The minimum absolute atomic E-state index is 0.0105. The lowest BCUT2D eigenvalue weighted by atomic mass is 9.91. The Bertz CT molecular complexity index is 1230. The molecule has 170 valence electrons. The Kier molecular flexibility index (Phi) is 4.55. The number of aryl methyl sites for hydroxylation is 1. The summed E-state index contributed by atoms with van der Waals surface area (Å²) in [5, 5.41) is 14.5. The predicted molar refractivity (Wildman–Crippen MR) is 129 cm³/mol. The fraction of sp³-hybridized carbons (Fsp3) is 0.407. The van der Waals surface area contributed by atoms with Gasteiger partial charge in [-0.3, -0.25) is 14.7 Å². The third kappa shape index (κ3) is 3.58. The Morgan fingerprint density at radius 1 is 1.12 bits per heavy atom. The molecule has 0 bridgehead atoms. The molecule has 2 aromatic carbocycles. The van der Waals surface area contributed by atoms with E-state index in [4.69, 9.17) is 0 Å². The number of amides is 1. The van der Waals surface area contributed by atoms with Crippen molar-refractivity contribution in [3.63, 3.8) is 0 Å². The van der Waals surface area contributed by atoms with E-state index in [2.05, 4.69) is 32.2 Å². The van der Waals surface area contributed by atoms with E-state index in [-0.39, 0.29) is 11.4 Å². The van der Waals surface area contributed by atoms with Crippen molar-refractivity contribution in [3.05, 3.63) is 71.4 Å². The molecule has 3 heterocycles. The van der Waals surface area contributed by atoms with E-state index in [1.807, 2.05) is 56.4 Å². The van der Waals surface area contributed by atoms with E-state index >= 15 is 0 Å². The van der Waals surface area contributed by atoms with E-state index in [0.29, 0.717) is 6.04 Å². The minimum atomic E-state index is -0.533. The van der Waals surface area contributed by atoms with Crippen molar-refractivity contribution in [2.24, 2.45) is 0 Å². The molecule has 1 saturated carbocycles. The monoisotopic (exact) mass is 442 g/mol. The van der Waals surface area contributed by atoms with Crippen LogP contribution in [0.4, 0.5) is 5.69 Å². The number of aromatic nitrogens is 1. The van der Waals surface area contributed by atoms with Crippen LogP contribution in [0, 0.1) is 6.92 Å². The number of hydrogen-bond donors (Lipinski definition) is 2. The number of anilines is 1. The Morgan fingerprint density at radius 3 is 2.61 bits per heavy atom. The smallest absolute Gasteiger partial charge is 0.252 e. The molecular weight excluding hydrogens is 412 g/mol. The second kappa shape index (κ2) is 7.27. The van der Waals surface area contributed by atoms with Gasteiger partial charge in [0.15, 0.2) is 0 Å². The molecule has 6 rings (SSSR count). The van der Waals surface area contributed by atoms with Crippen LogP contribution >= 0.6 is 0 Å². The first-order valence-electron chi connectivity index (χ1n) is 11.8. The van der Waals surface area contributed by atoms with Crippen molar-refractivity contribution in [3.8, 4) is 0 Å². The summed E-state index contributed by atoms with van der Waals surface area (Å²) in [4.78, 5) is 22.6. The molecule has 0 unspecified atom stereocenters. The maximum Gasteiger partial charge on any atom is 0.252 e. The van der Waals surface area contributed by atoms with Crippen LogP contribution in [0.15, 0.2) is 54.7 Å². The third-order valence-corrected chi connectivity index (χ3v) is 7.56. The van der Waals surface area contributed by atoms with Gasteiger partial charge in [0.05, 0.1) is 16.7 Å². The summed E-state index contributed by atoms with van der Waals surface area (Å²) >= 11 is 0. The van der Waals surface area contributed by atoms with Gasteiger partial charge in [-0.05, 0) is 62.1 Å². The highest BCUT2D eigenvalue weighted by Crippen LogP contribution is 2.48. The van der Waals surface area contributed by atoms with Crippen LogP contribution in [-0.2, 0) is 5.54 Å². The number of carbonyl (C=O) groups excluding carboxylic acids is 1. The van der Waals surface area contributed by atoms with Gasteiger partial charge in [0.1, 0.15) is 0 Å². The number of benzene rings is 2. The number of rotatable bonds is 5. The zero-order valence-corrected chi connectivity index (χ0v) is 19.2. The fourth-order valence-corrected chi connectivity index (χ4v) is 5.42. The molecule has 1 aromatic heterocycles. The molecule has 2 aliphatic heterocycles. The predicted octanol–water partition coefficient (Wildman–Crippen LogP) is 3.22. The van der Waals surface area contributed by atoms with Gasteiger partial charge in [0.25, 0.3) is 5.91 Å². The second-order valence-corrected chi connectivity index (χ2v) is 10.4. The van der Waals surface area contributed by atoms with Gasteiger partial charge in [-0.25, -0.2) is 0 Å². The summed E-state index contributed by atoms with van der Waals surface area (Å²) < 4.78 is 0. The zero-order valence-electron chi connectivity index (χ0n) is 19.2. The first kappa shape index (κ1) is 20.6. The molecule has 6 heteroatoms. The molecule has 1 amide bonds. The maximum absolute atomic E-state index is 13.4. The summed E-state index contributed by atoms with van der Waals surface area (Å²) in [6.07, 6.45) is 3.73. The van der Waals surface area contributed by atoms with Crippen molar-refractivity contribution in [1.82, 2.24) is 15.2 Å². The number of fused-ring (bicyclic) bond motifs is 1. The molecule has 1 aliphatic carbocycles. The number of pyridine rings is 1. The Balaban J connectivity index is 1.19. The Hall–Kier alpha value is -2.96. The second-order valence-electron chi connectivity index (χ2n) is 10.4. The van der Waals surface area contributed by atoms with Gasteiger partial charge in [-0.1, -0.05) is 24.3 Å². The molecular formula is C27H30N4O2. The summed E-state index contributed by atoms with van der Waals surface area (Å²) in [6, 6.07) is 16.9. The molecule has 3 fully saturated rings. The third-order valence-electron chi connectivity index (χ3n) is 7.56. The van der Waals surface area contributed by atoms with Crippen LogP contribution < -0.4 is 10.2 Å². The van der Waals surface area contributed by atoms with Crippen molar-refractivity contribution in [2.75, 3.05) is 31.1 Å². The number of β-amino-alcohol motifs (C(OH)–C–C–N with tert-alkyl or cyclic N) is 1. The maximum atomic E-state index is 13.4. The summed E-state index contributed by atoms with van der Waals surface area (Å²) in [5.41, 5.74) is 4.10. The first-order valence-corrected chi connectivity index (χ1v) is 11.8. The van der Waals surface area contributed by atoms with Gasteiger partial charge < -0.3 is 15.3 Å². The molecule has 0 atom stereocenters. The number of aliphatic hydroxyl groups is 1. The normalized spacial score (nSPS) is 21.4. The van der Waals surface area contributed by atoms with E-state index in [9.17, 15) is 9.90 Å². The number of nitrogens with one attached hydrogen (secondary N) is 1. The van der Waals surface area contributed by atoms with Crippen LogP contribution in [0.3, 0.4) is 0 Å². The Morgan fingerprint density at radius 2 is 1.88 bits per heavy atom. The highest BCUT2D eigenvalue weighted by atomic mass is 16.3. The van der Waals surface area contributed by atoms with Crippen LogP contribution in [0.5, 0.6) is 0 Å². The van der Waals surface area contributed by atoms with E-state index in [1.54, 1.807) is 0 Å². The van der Waals surface area contributed by atoms with Crippen molar-refractivity contribution < 1.29 is 9.90 Å². The molecule has 2 saturated heterocycles. The number of nitrogens with zero attached hydrogens (tertiary/aromatic N) is 3. The van der Waals surface area contributed by atoms with Gasteiger partial charge >= 0.3 is 0 Å². The van der Waals surface area contributed by atoms with Crippen LogP contribution in [-0.4, -0.2) is 58.7 Å². The number of para-hydroxylation sites is 1. The van der Waals surface area contributed by atoms with Gasteiger partial charge in [-0.2, -0.15) is 0 Å². The summed E-state index contributed by atoms with van der Waals surface area (Å²) in [7, 11) is 0. The van der Waals surface area contributed by atoms with Crippen LogP contribution in [0.1, 0.15) is 41.3 Å². The molecule has 33 heavy (non-hydrogen) atoms. The quantitative estimate of drug-likeness (QED) is 0.635. The molecule has 0 spiro atoms. The average molecular weight is 443 g/mol. The molecule has 2 N–H and O–H groups in total. The van der Waals surface area contributed by atoms with E-state index in [0.717, 1.165) is 72.3 Å². The first-order chi connectivity index (χ1) is 15.8. The highest BCUT2D eigenvalue weighted by molar-refractivity contribution is 5.98. The van der Waals surface area contributed by atoms with Gasteiger partial charge in [-0.15, -0.1) is 0 Å². The Labute approximate surface area is 194 Å². The number of likely N-dealkylation sites (tertiary alicyclic amines) is 1. The average Bonchev–Trinajstić information content (AvgIpc) is 3.52. The van der Waals surface area contributed by atoms with E-state index < -0.39 is 5.60 Å². The topological polar surface area (TPSA) is 68.7 Å². The lowest BCUT2D eigenvalue weighted by molar-refractivity contribution is -0.106. The SMILES string of the molecule is Cc1ccc(N2CC(N3CC(C)(O)C3)C2)cc1C(=O)NC1(c2ccnc3ccccc23)CC1. The van der Waals surface area contributed by atoms with Crippen LogP contribution in [0.2, 0.25) is 0 Å². The molecule has 3 aromatic rings. The standard InChI is InChI=1S/C27H30N4O2/c1-18-7-8-19(30-14-20(15-30)31-16-26(2,33)17-31)13-22(18)25(32)29-27(10-11-27)23-9-12-28-24-6-4-3-5-21(23)24/h3-9,12-13,20,33H,10-11,14-17H2,1-2H3,(H,29,32). The summed E-state index contributed by atoms with van der Waals surface area (Å²) in [6.45, 7) is 7.27. The fourth-order valence-electron chi connectivity index (χ4n) is 5.42. The van der Waals surface area contributed by atoms with Crippen molar-refractivity contribution in [1.29, 1.82) is 0 Å². The molecule has 6 nitrogen and oxygen atoms in total. The van der Waals surface area contributed by atoms with Gasteiger partial charge in [0.2, 0.25) is 0 Å². The lowest BCUT2D eigenvalue weighted by Crippen LogP contribution is -2.70. The van der Waals surface area contributed by atoms with Gasteiger partial charge in [0, 0.05) is 55.1 Å².